The van der Waals surface area contributed by atoms with E-state index in [1.807, 2.05) is 0 Å². The van der Waals surface area contributed by atoms with Gasteiger partial charge in [-0.2, -0.15) is 0 Å². The summed E-state index contributed by atoms with van der Waals surface area (Å²) in [4.78, 5) is 13.7. The molecular formula is C16H24ClNO3. The summed E-state index contributed by atoms with van der Waals surface area (Å²) in [5.74, 6) is -0.228. The molecule has 0 saturated heterocycles. The number of Topliss-reactive ketones (excluding diaryl/α,β-unsaturated/α-hetero) is 1. The van der Waals surface area contributed by atoms with Crippen molar-refractivity contribution >= 4 is 17.4 Å². The van der Waals surface area contributed by atoms with E-state index in [1.165, 1.54) is 13.0 Å². The normalized spacial score (nSPS) is 11.4. The van der Waals surface area contributed by atoms with Crippen molar-refractivity contribution in [3.63, 3.8) is 0 Å². The monoisotopic (exact) mass is 313 g/mol. The van der Waals surface area contributed by atoms with Crippen LogP contribution in [0.2, 0.25) is 5.02 Å². The molecule has 0 aliphatic carbocycles. The van der Waals surface area contributed by atoms with Crippen molar-refractivity contribution in [2.45, 2.75) is 46.2 Å². The fourth-order valence-corrected chi connectivity index (χ4v) is 2.83. The van der Waals surface area contributed by atoms with E-state index in [-0.39, 0.29) is 23.7 Å². The number of carbonyl (C=O) groups is 1. The fourth-order valence-electron chi connectivity index (χ4n) is 2.59. The third kappa shape index (κ3) is 4.70. The van der Waals surface area contributed by atoms with Crippen LogP contribution in [-0.2, 0) is 6.54 Å². The lowest BCUT2D eigenvalue weighted by Gasteiger charge is -2.30. The summed E-state index contributed by atoms with van der Waals surface area (Å²) in [6, 6.07) is 3.48. The molecule has 1 aromatic rings. The van der Waals surface area contributed by atoms with Gasteiger partial charge in [0, 0.05) is 29.7 Å². The predicted molar refractivity (Wildman–Crippen MR) is 85.0 cm³/mol. The minimum atomic E-state index is -0.215. The van der Waals surface area contributed by atoms with E-state index < -0.39 is 0 Å². The highest BCUT2D eigenvalue weighted by atomic mass is 35.5. The van der Waals surface area contributed by atoms with Crippen LogP contribution in [0.15, 0.2) is 12.1 Å². The molecule has 5 heteroatoms. The second-order valence-corrected chi connectivity index (χ2v) is 5.62. The van der Waals surface area contributed by atoms with Gasteiger partial charge in [-0.1, -0.05) is 25.4 Å². The molecule has 0 spiro atoms. The molecule has 0 fully saturated rings. The van der Waals surface area contributed by atoms with Gasteiger partial charge in [0.2, 0.25) is 0 Å². The Hall–Kier alpha value is -1.10. The fraction of sp³-hybridized carbons (Fsp3) is 0.562. The number of hydrogen-bond donors (Lipinski definition) is 2. The lowest BCUT2D eigenvalue weighted by molar-refractivity contribution is 0.101. The lowest BCUT2D eigenvalue weighted by Crippen LogP contribution is -2.36. The molecule has 2 N–H and O–H groups in total. The summed E-state index contributed by atoms with van der Waals surface area (Å²) in [6.45, 7) is 6.63. The Labute approximate surface area is 131 Å². The lowest BCUT2D eigenvalue weighted by atomic mass is 10.0. The van der Waals surface area contributed by atoms with Crippen LogP contribution in [0.3, 0.4) is 0 Å². The molecule has 0 aromatic heterocycles. The van der Waals surface area contributed by atoms with Gasteiger partial charge in [-0.15, -0.1) is 0 Å². The van der Waals surface area contributed by atoms with Gasteiger partial charge < -0.3 is 10.2 Å². The number of carbonyl (C=O) groups excluding carboxylic acids is 1. The van der Waals surface area contributed by atoms with Crippen molar-refractivity contribution in [2.24, 2.45) is 0 Å². The number of phenols is 1. The summed E-state index contributed by atoms with van der Waals surface area (Å²) in [5.41, 5.74) is 0.860. The predicted octanol–water partition coefficient (Wildman–Crippen LogP) is 3.23. The van der Waals surface area contributed by atoms with Gasteiger partial charge in [0.1, 0.15) is 5.75 Å². The average Bonchev–Trinajstić information content (AvgIpc) is 2.43. The molecule has 118 valence electrons. The molecule has 0 aliphatic heterocycles. The molecule has 4 nitrogen and oxygen atoms in total. The highest BCUT2D eigenvalue weighted by Crippen LogP contribution is 2.29. The van der Waals surface area contributed by atoms with Crippen molar-refractivity contribution in [2.75, 3.05) is 13.2 Å². The number of halogens is 1. The minimum absolute atomic E-state index is 0.0132. The van der Waals surface area contributed by atoms with Crippen molar-refractivity contribution in [1.29, 1.82) is 0 Å². The van der Waals surface area contributed by atoms with Crippen LogP contribution >= 0.6 is 11.6 Å². The van der Waals surface area contributed by atoms with E-state index in [2.05, 4.69) is 18.7 Å². The van der Waals surface area contributed by atoms with Crippen molar-refractivity contribution in [1.82, 2.24) is 4.90 Å². The second-order valence-electron chi connectivity index (χ2n) is 5.18. The molecule has 0 amide bonds. The largest absolute Gasteiger partial charge is 0.507 e. The van der Waals surface area contributed by atoms with E-state index in [1.54, 1.807) is 6.07 Å². The highest BCUT2D eigenvalue weighted by molar-refractivity contribution is 6.31. The summed E-state index contributed by atoms with van der Waals surface area (Å²) < 4.78 is 0. The van der Waals surface area contributed by atoms with E-state index in [0.29, 0.717) is 29.7 Å². The number of aliphatic hydroxyl groups is 1. The number of phenolic OH excluding ortho intramolecular Hbond substituents is 1. The Balaban J connectivity index is 3.11. The quantitative estimate of drug-likeness (QED) is 0.723. The number of ketones is 1. The maximum atomic E-state index is 11.6. The van der Waals surface area contributed by atoms with Crippen LogP contribution in [0.5, 0.6) is 5.75 Å². The molecule has 0 heterocycles. The van der Waals surface area contributed by atoms with Crippen LogP contribution < -0.4 is 0 Å². The average molecular weight is 314 g/mol. The number of benzene rings is 1. The Morgan fingerprint density at radius 2 is 1.95 bits per heavy atom. The van der Waals surface area contributed by atoms with Crippen LogP contribution in [-0.4, -0.2) is 40.1 Å². The third-order valence-corrected chi connectivity index (χ3v) is 3.97. The molecule has 21 heavy (non-hydrogen) atoms. The number of hydrogen-bond acceptors (Lipinski definition) is 4. The molecule has 0 unspecified atom stereocenters. The summed E-state index contributed by atoms with van der Waals surface area (Å²) in [7, 11) is 0. The molecule has 0 atom stereocenters. The standard InChI is InChI=1S/C16H24ClNO3/c1-4-14(5-2)18(6-7-19)10-12-8-13(17)9-15(11(3)20)16(12)21/h8-9,14,19,21H,4-7,10H2,1-3H3. The maximum Gasteiger partial charge on any atom is 0.163 e. The van der Waals surface area contributed by atoms with Gasteiger partial charge >= 0.3 is 0 Å². The Morgan fingerprint density at radius 1 is 1.33 bits per heavy atom. The first-order valence-electron chi connectivity index (χ1n) is 7.31. The SMILES string of the molecule is CCC(CC)N(CCO)Cc1cc(Cl)cc(C(C)=O)c1O. The van der Waals surface area contributed by atoms with Crippen molar-refractivity contribution < 1.29 is 15.0 Å². The topological polar surface area (TPSA) is 60.8 Å². The minimum Gasteiger partial charge on any atom is -0.507 e. The summed E-state index contributed by atoms with van der Waals surface area (Å²) >= 11 is 6.04. The van der Waals surface area contributed by atoms with E-state index in [4.69, 9.17) is 11.6 Å². The van der Waals surface area contributed by atoms with Gasteiger partial charge in [-0.3, -0.25) is 9.69 Å². The Kier molecular flexibility index (Phi) is 7.15. The van der Waals surface area contributed by atoms with E-state index in [9.17, 15) is 15.0 Å². The first-order chi connectivity index (χ1) is 9.94. The maximum absolute atomic E-state index is 11.6. The molecule has 0 bridgehead atoms. The van der Waals surface area contributed by atoms with Crippen LogP contribution in [0, 0.1) is 0 Å². The third-order valence-electron chi connectivity index (χ3n) is 3.75. The van der Waals surface area contributed by atoms with Crippen molar-refractivity contribution in [3.05, 3.63) is 28.3 Å². The molecule has 0 radical (unpaired) electrons. The van der Waals surface area contributed by atoms with Gasteiger partial charge in [0.15, 0.2) is 5.78 Å². The Morgan fingerprint density at radius 3 is 2.43 bits per heavy atom. The molecule has 1 aromatic carbocycles. The Bertz CT molecular complexity index is 487. The number of aliphatic hydroxyl groups excluding tert-OH is 1. The zero-order valence-electron chi connectivity index (χ0n) is 12.9. The first-order valence-corrected chi connectivity index (χ1v) is 7.69. The van der Waals surface area contributed by atoms with Crippen LogP contribution in [0.25, 0.3) is 0 Å². The second kappa shape index (κ2) is 8.37. The zero-order valence-corrected chi connectivity index (χ0v) is 13.7. The van der Waals surface area contributed by atoms with Gasteiger partial charge in [-0.25, -0.2) is 0 Å². The molecule has 0 saturated carbocycles. The molecule has 1 rings (SSSR count). The van der Waals surface area contributed by atoms with E-state index in [0.717, 1.165) is 12.8 Å². The van der Waals surface area contributed by atoms with Crippen LogP contribution in [0.1, 0.15) is 49.5 Å². The van der Waals surface area contributed by atoms with Crippen molar-refractivity contribution in [3.8, 4) is 5.75 Å². The summed E-state index contributed by atoms with van der Waals surface area (Å²) in [5, 5.41) is 19.9. The van der Waals surface area contributed by atoms with Gasteiger partial charge in [0.05, 0.1) is 12.2 Å². The number of nitrogens with zero attached hydrogens (tertiary/aromatic N) is 1. The van der Waals surface area contributed by atoms with Crippen LogP contribution in [0.4, 0.5) is 0 Å². The summed E-state index contributed by atoms with van der Waals surface area (Å²) in [6.07, 6.45) is 1.91. The van der Waals surface area contributed by atoms with Gasteiger partial charge in [0.25, 0.3) is 0 Å². The van der Waals surface area contributed by atoms with Gasteiger partial charge in [-0.05, 0) is 31.9 Å². The molecular weight excluding hydrogens is 290 g/mol. The number of aromatic hydroxyl groups is 1. The van der Waals surface area contributed by atoms with E-state index >= 15 is 0 Å². The number of rotatable bonds is 8. The first kappa shape index (κ1) is 18.0. The smallest absolute Gasteiger partial charge is 0.163 e. The zero-order chi connectivity index (χ0) is 16.0. The highest BCUT2D eigenvalue weighted by Gasteiger charge is 2.19. The molecule has 0 aliphatic rings.